The number of carbonyl (C=O) groups excluding carboxylic acids is 1. The molecule has 23 heavy (non-hydrogen) atoms. The molecule has 1 aliphatic heterocycles. The molecular formula is C19H30N2O2. The standard InChI is InChI=1S/C19H30N2O2/c1-16-6-8-17(9-7-16)15-21(13-14-22)19(23)11-10-18-5-3-4-12-20(18)2/h6-9,18,22H,3-5,10-15H2,1-2H3. The average Bonchev–Trinajstić information content (AvgIpc) is 2.55. The lowest BCUT2D eigenvalue weighted by atomic mass is 9.98. The highest BCUT2D eigenvalue weighted by Crippen LogP contribution is 2.19. The van der Waals surface area contributed by atoms with Crippen LogP contribution < -0.4 is 0 Å². The summed E-state index contributed by atoms with van der Waals surface area (Å²) < 4.78 is 0. The van der Waals surface area contributed by atoms with Crippen LogP contribution in [0.2, 0.25) is 0 Å². The first-order valence-electron chi connectivity index (χ1n) is 8.74. The van der Waals surface area contributed by atoms with Crippen molar-refractivity contribution in [1.82, 2.24) is 9.80 Å². The molecule has 4 nitrogen and oxygen atoms in total. The molecule has 1 aromatic carbocycles. The van der Waals surface area contributed by atoms with E-state index >= 15 is 0 Å². The first-order chi connectivity index (χ1) is 11.1. The molecule has 1 heterocycles. The molecule has 0 spiro atoms. The van der Waals surface area contributed by atoms with Crippen LogP contribution in [-0.2, 0) is 11.3 Å². The van der Waals surface area contributed by atoms with Crippen LogP contribution in [0.4, 0.5) is 0 Å². The number of nitrogens with zero attached hydrogens (tertiary/aromatic N) is 2. The van der Waals surface area contributed by atoms with E-state index in [9.17, 15) is 9.90 Å². The number of hydrogen-bond donors (Lipinski definition) is 1. The number of aliphatic hydroxyl groups excluding tert-OH is 1. The minimum Gasteiger partial charge on any atom is -0.395 e. The van der Waals surface area contributed by atoms with Crippen molar-refractivity contribution >= 4 is 5.91 Å². The van der Waals surface area contributed by atoms with Gasteiger partial charge in [0.25, 0.3) is 0 Å². The lowest BCUT2D eigenvalue weighted by molar-refractivity contribution is -0.132. The zero-order valence-electron chi connectivity index (χ0n) is 14.5. The number of aryl methyl sites for hydroxylation is 1. The Labute approximate surface area is 140 Å². The van der Waals surface area contributed by atoms with Crippen LogP contribution in [0.15, 0.2) is 24.3 Å². The van der Waals surface area contributed by atoms with Gasteiger partial charge in [0.1, 0.15) is 0 Å². The predicted molar refractivity (Wildman–Crippen MR) is 93.2 cm³/mol. The number of likely N-dealkylation sites (tertiary alicyclic amines) is 1. The highest BCUT2D eigenvalue weighted by molar-refractivity contribution is 5.76. The second-order valence-corrected chi connectivity index (χ2v) is 6.69. The van der Waals surface area contributed by atoms with Gasteiger partial charge in [0.15, 0.2) is 0 Å². The van der Waals surface area contributed by atoms with Crippen LogP contribution in [0, 0.1) is 6.92 Å². The summed E-state index contributed by atoms with van der Waals surface area (Å²) in [6, 6.07) is 8.77. The van der Waals surface area contributed by atoms with Gasteiger partial charge >= 0.3 is 0 Å². The number of piperidine rings is 1. The Kier molecular flexibility index (Phi) is 7.06. The Morgan fingerprint density at radius 2 is 2.04 bits per heavy atom. The van der Waals surface area contributed by atoms with E-state index in [1.807, 2.05) is 0 Å². The van der Waals surface area contributed by atoms with Gasteiger partial charge in [0.05, 0.1) is 6.61 Å². The molecule has 0 aromatic heterocycles. The van der Waals surface area contributed by atoms with Gasteiger partial charge in [-0.1, -0.05) is 36.2 Å². The maximum Gasteiger partial charge on any atom is 0.223 e. The molecule has 1 atom stereocenters. The number of aliphatic hydroxyl groups is 1. The summed E-state index contributed by atoms with van der Waals surface area (Å²) in [6.07, 6.45) is 5.23. The molecule has 1 aliphatic rings. The molecule has 0 radical (unpaired) electrons. The lowest BCUT2D eigenvalue weighted by Gasteiger charge is -2.33. The molecule has 4 heteroatoms. The monoisotopic (exact) mass is 318 g/mol. The summed E-state index contributed by atoms with van der Waals surface area (Å²) in [5.74, 6) is 0.151. The first-order valence-corrected chi connectivity index (χ1v) is 8.74. The zero-order valence-corrected chi connectivity index (χ0v) is 14.5. The van der Waals surface area contributed by atoms with Gasteiger partial charge < -0.3 is 14.9 Å². The Morgan fingerprint density at radius 3 is 2.70 bits per heavy atom. The number of carbonyl (C=O) groups is 1. The van der Waals surface area contributed by atoms with Crippen LogP contribution >= 0.6 is 0 Å². The summed E-state index contributed by atoms with van der Waals surface area (Å²) in [6.45, 7) is 4.21. The van der Waals surface area contributed by atoms with Crippen molar-refractivity contribution in [3.05, 3.63) is 35.4 Å². The fourth-order valence-corrected chi connectivity index (χ4v) is 3.28. The summed E-state index contributed by atoms with van der Waals surface area (Å²) >= 11 is 0. The Morgan fingerprint density at radius 1 is 1.30 bits per heavy atom. The van der Waals surface area contributed by atoms with E-state index in [-0.39, 0.29) is 12.5 Å². The average molecular weight is 318 g/mol. The van der Waals surface area contributed by atoms with Crippen LogP contribution in [-0.4, -0.2) is 53.6 Å². The second-order valence-electron chi connectivity index (χ2n) is 6.69. The Bertz CT molecular complexity index is 487. The van der Waals surface area contributed by atoms with Crippen LogP contribution in [0.3, 0.4) is 0 Å². The summed E-state index contributed by atoms with van der Waals surface area (Å²) in [5, 5.41) is 9.26. The first kappa shape index (κ1) is 18.0. The minimum atomic E-state index is 0.0148. The molecule has 128 valence electrons. The zero-order chi connectivity index (χ0) is 16.7. The van der Waals surface area contributed by atoms with Crippen molar-refractivity contribution in [2.24, 2.45) is 0 Å². The second kappa shape index (κ2) is 9.04. The van der Waals surface area contributed by atoms with Crippen molar-refractivity contribution in [3.8, 4) is 0 Å². The van der Waals surface area contributed by atoms with Crippen molar-refractivity contribution < 1.29 is 9.90 Å². The number of amides is 1. The Hall–Kier alpha value is -1.39. The maximum absolute atomic E-state index is 12.6. The fourth-order valence-electron chi connectivity index (χ4n) is 3.28. The fraction of sp³-hybridized carbons (Fsp3) is 0.632. The highest BCUT2D eigenvalue weighted by Gasteiger charge is 2.21. The van der Waals surface area contributed by atoms with E-state index in [2.05, 4.69) is 43.1 Å². The number of benzene rings is 1. The van der Waals surface area contributed by atoms with Crippen molar-refractivity contribution in [2.75, 3.05) is 26.7 Å². The normalized spacial score (nSPS) is 18.8. The van der Waals surface area contributed by atoms with E-state index in [1.54, 1.807) is 4.90 Å². The minimum absolute atomic E-state index is 0.0148. The quantitative estimate of drug-likeness (QED) is 0.840. The Balaban J connectivity index is 1.88. The van der Waals surface area contributed by atoms with Gasteiger partial charge in [-0.3, -0.25) is 4.79 Å². The third kappa shape index (κ3) is 5.63. The third-order valence-corrected chi connectivity index (χ3v) is 4.83. The van der Waals surface area contributed by atoms with Crippen LogP contribution in [0.5, 0.6) is 0 Å². The van der Waals surface area contributed by atoms with Gasteiger partial charge in [-0.2, -0.15) is 0 Å². The van der Waals surface area contributed by atoms with Gasteiger partial charge in [-0.15, -0.1) is 0 Å². The predicted octanol–water partition coefficient (Wildman–Crippen LogP) is 2.58. The largest absolute Gasteiger partial charge is 0.395 e. The van der Waals surface area contributed by atoms with Crippen LogP contribution in [0.1, 0.15) is 43.2 Å². The molecule has 1 saturated heterocycles. The molecule has 1 aromatic rings. The smallest absolute Gasteiger partial charge is 0.223 e. The van der Waals surface area contributed by atoms with Gasteiger partial charge in [-0.05, 0) is 45.3 Å². The SMILES string of the molecule is Cc1ccc(CN(CCO)C(=O)CCC2CCCCN2C)cc1. The number of hydrogen-bond acceptors (Lipinski definition) is 3. The third-order valence-electron chi connectivity index (χ3n) is 4.83. The molecule has 0 saturated carbocycles. The highest BCUT2D eigenvalue weighted by atomic mass is 16.3. The van der Waals surface area contributed by atoms with Crippen LogP contribution in [0.25, 0.3) is 0 Å². The summed E-state index contributed by atoms with van der Waals surface area (Å²) in [5.41, 5.74) is 2.33. The van der Waals surface area contributed by atoms with Gasteiger partial charge in [0.2, 0.25) is 5.91 Å². The van der Waals surface area contributed by atoms with E-state index in [0.717, 1.165) is 18.5 Å². The summed E-state index contributed by atoms with van der Waals surface area (Å²) in [7, 11) is 2.16. The molecule has 1 amide bonds. The molecule has 0 bridgehead atoms. The molecule has 1 fully saturated rings. The van der Waals surface area contributed by atoms with Gasteiger partial charge in [0, 0.05) is 25.6 Å². The van der Waals surface area contributed by atoms with E-state index < -0.39 is 0 Å². The van der Waals surface area contributed by atoms with Crippen molar-refractivity contribution in [1.29, 1.82) is 0 Å². The van der Waals surface area contributed by atoms with Crippen molar-refractivity contribution in [3.63, 3.8) is 0 Å². The number of rotatable bonds is 7. The van der Waals surface area contributed by atoms with E-state index in [1.165, 1.54) is 24.8 Å². The lowest BCUT2D eigenvalue weighted by Crippen LogP contribution is -2.38. The topological polar surface area (TPSA) is 43.8 Å². The van der Waals surface area contributed by atoms with E-state index in [0.29, 0.717) is 25.6 Å². The maximum atomic E-state index is 12.6. The van der Waals surface area contributed by atoms with Crippen molar-refractivity contribution in [2.45, 2.75) is 51.6 Å². The molecule has 1 N–H and O–H groups in total. The molecule has 0 aliphatic carbocycles. The molecular weight excluding hydrogens is 288 g/mol. The molecule has 1 unspecified atom stereocenters. The summed E-state index contributed by atoms with van der Waals surface area (Å²) in [4.78, 5) is 16.7. The molecule has 2 rings (SSSR count). The van der Waals surface area contributed by atoms with Gasteiger partial charge in [-0.25, -0.2) is 0 Å². The van der Waals surface area contributed by atoms with E-state index in [4.69, 9.17) is 0 Å².